The standard InChI is InChI=1S/C34H44N4O2/c1-22(24(3)38-17-14-28(15-18-38)27-9-7-26(8-10-27)25(4)39)19-31-23(2)35-16-13-30(31)29-11-12-32-33(20-29)37(5)34(36-32)21-40-6/h7,9,11-13,16,19-20,24,28,34,36H,8,10,14-15,17-18,21H2,1-6H3/b22-19+. The monoisotopic (exact) mass is 540 g/mol. The first-order valence-corrected chi connectivity index (χ1v) is 14.7. The number of piperidine rings is 1. The van der Waals surface area contributed by atoms with Crippen LogP contribution in [-0.2, 0) is 9.53 Å². The molecule has 1 aliphatic carbocycles. The van der Waals surface area contributed by atoms with Crippen molar-refractivity contribution in [3.8, 4) is 11.1 Å². The van der Waals surface area contributed by atoms with E-state index in [2.05, 4.69) is 90.4 Å². The first-order chi connectivity index (χ1) is 19.3. The Balaban J connectivity index is 1.31. The van der Waals surface area contributed by atoms with Crippen LogP contribution in [0.2, 0.25) is 0 Å². The van der Waals surface area contributed by atoms with Gasteiger partial charge in [-0.3, -0.25) is 14.7 Å². The van der Waals surface area contributed by atoms with Crippen molar-refractivity contribution in [1.82, 2.24) is 9.88 Å². The molecule has 1 aromatic heterocycles. The number of hydrogen-bond donors (Lipinski definition) is 1. The molecule has 2 atom stereocenters. The van der Waals surface area contributed by atoms with Crippen LogP contribution in [0.5, 0.6) is 0 Å². The zero-order valence-electron chi connectivity index (χ0n) is 25.0. The number of allylic oxidation sites excluding steroid dienone is 4. The highest BCUT2D eigenvalue weighted by Gasteiger charge is 2.28. The number of pyridine rings is 1. The van der Waals surface area contributed by atoms with E-state index in [0.717, 1.165) is 42.9 Å². The highest BCUT2D eigenvalue weighted by atomic mass is 16.5. The third-order valence-corrected chi connectivity index (χ3v) is 9.26. The van der Waals surface area contributed by atoms with Crippen LogP contribution in [0.3, 0.4) is 0 Å². The predicted octanol–water partition coefficient (Wildman–Crippen LogP) is 6.63. The van der Waals surface area contributed by atoms with Gasteiger partial charge in [-0.15, -0.1) is 0 Å². The van der Waals surface area contributed by atoms with Gasteiger partial charge in [0.1, 0.15) is 6.17 Å². The fraction of sp³-hybridized carbons (Fsp3) is 0.471. The van der Waals surface area contributed by atoms with Crippen molar-refractivity contribution in [3.63, 3.8) is 0 Å². The molecule has 6 nitrogen and oxygen atoms in total. The van der Waals surface area contributed by atoms with E-state index in [0.29, 0.717) is 18.6 Å². The second kappa shape index (κ2) is 12.1. The molecule has 0 amide bonds. The van der Waals surface area contributed by atoms with Crippen molar-refractivity contribution in [1.29, 1.82) is 0 Å². The van der Waals surface area contributed by atoms with Crippen molar-refractivity contribution in [2.75, 3.05) is 44.1 Å². The van der Waals surface area contributed by atoms with Gasteiger partial charge in [0.25, 0.3) is 0 Å². The molecule has 2 aliphatic heterocycles. The molecule has 1 fully saturated rings. The van der Waals surface area contributed by atoms with Crippen LogP contribution < -0.4 is 10.2 Å². The summed E-state index contributed by atoms with van der Waals surface area (Å²) in [4.78, 5) is 21.2. The summed E-state index contributed by atoms with van der Waals surface area (Å²) in [6.07, 6.45) is 13.0. The molecule has 5 rings (SSSR count). The van der Waals surface area contributed by atoms with E-state index in [-0.39, 0.29) is 11.9 Å². The summed E-state index contributed by atoms with van der Waals surface area (Å²) in [7, 11) is 3.86. The maximum Gasteiger partial charge on any atom is 0.155 e. The van der Waals surface area contributed by atoms with E-state index in [4.69, 9.17) is 4.74 Å². The van der Waals surface area contributed by atoms with E-state index in [1.54, 1.807) is 14.0 Å². The minimum absolute atomic E-state index is 0.143. The highest BCUT2D eigenvalue weighted by molar-refractivity contribution is 5.93. The van der Waals surface area contributed by atoms with Crippen molar-refractivity contribution in [2.45, 2.75) is 65.6 Å². The number of ether oxygens (including phenoxy) is 1. The van der Waals surface area contributed by atoms with E-state index in [1.165, 1.54) is 46.4 Å². The predicted molar refractivity (Wildman–Crippen MR) is 166 cm³/mol. The molecule has 212 valence electrons. The summed E-state index contributed by atoms with van der Waals surface area (Å²) in [5.41, 5.74) is 10.9. The van der Waals surface area contributed by atoms with Crippen LogP contribution in [0.1, 0.15) is 57.7 Å². The van der Waals surface area contributed by atoms with Crippen LogP contribution in [0.15, 0.2) is 59.3 Å². The fourth-order valence-corrected chi connectivity index (χ4v) is 6.46. The number of nitrogens with one attached hydrogen (secondary N) is 1. The maximum atomic E-state index is 11.7. The molecule has 0 saturated carbocycles. The number of nitrogens with zero attached hydrogens (tertiary/aromatic N) is 3. The zero-order chi connectivity index (χ0) is 28.4. The SMILES string of the molecule is COCC1Nc2ccc(-c3ccnc(C)c3/C=C(\C)C(C)N3CCC(C4=CC=C(C(C)=O)CC4)CC3)cc2N1C. The molecular weight excluding hydrogens is 496 g/mol. The summed E-state index contributed by atoms with van der Waals surface area (Å²) >= 11 is 0. The number of hydrogen-bond acceptors (Lipinski definition) is 6. The second-order valence-electron chi connectivity index (χ2n) is 11.7. The Bertz CT molecular complexity index is 1350. The number of benzene rings is 1. The lowest BCUT2D eigenvalue weighted by molar-refractivity contribution is -0.113. The van der Waals surface area contributed by atoms with Crippen LogP contribution >= 0.6 is 0 Å². The number of fused-ring (bicyclic) bond motifs is 1. The Morgan fingerprint density at radius 1 is 1.18 bits per heavy atom. The molecule has 3 aliphatic rings. The average Bonchev–Trinajstić information content (AvgIpc) is 3.28. The lowest BCUT2D eigenvalue weighted by Gasteiger charge is -2.38. The Morgan fingerprint density at radius 3 is 2.62 bits per heavy atom. The quantitative estimate of drug-likeness (QED) is 0.406. The minimum atomic E-state index is 0.143. The fourth-order valence-electron chi connectivity index (χ4n) is 6.46. The van der Waals surface area contributed by atoms with Crippen molar-refractivity contribution in [3.05, 3.63) is 70.6 Å². The van der Waals surface area contributed by atoms with Crippen LogP contribution in [0.4, 0.5) is 11.4 Å². The van der Waals surface area contributed by atoms with Crippen LogP contribution in [0, 0.1) is 12.8 Å². The number of methoxy groups -OCH3 is 1. The van der Waals surface area contributed by atoms with Gasteiger partial charge >= 0.3 is 0 Å². The maximum absolute atomic E-state index is 11.7. The number of ketones is 1. The van der Waals surface area contributed by atoms with Crippen LogP contribution in [0.25, 0.3) is 17.2 Å². The van der Waals surface area contributed by atoms with Crippen molar-refractivity contribution >= 4 is 23.2 Å². The molecule has 1 aromatic carbocycles. The number of likely N-dealkylation sites (tertiary alicyclic amines) is 1. The molecule has 0 radical (unpaired) electrons. The number of aryl methyl sites for hydroxylation is 1. The van der Waals surface area contributed by atoms with Crippen molar-refractivity contribution in [2.24, 2.45) is 5.92 Å². The summed E-state index contributed by atoms with van der Waals surface area (Å²) in [6, 6.07) is 9.17. The summed E-state index contributed by atoms with van der Waals surface area (Å²) in [6.45, 7) is 11.2. The molecule has 2 unspecified atom stereocenters. The topological polar surface area (TPSA) is 57.7 Å². The molecule has 2 aromatic rings. The average molecular weight is 541 g/mol. The molecule has 0 bridgehead atoms. The van der Waals surface area contributed by atoms with Crippen LogP contribution in [-0.4, -0.2) is 61.7 Å². The Labute approximate surface area is 239 Å². The van der Waals surface area contributed by atoms with E-state index < -0.39 is 0 Å². The first-order valence-electron chi connectivity index (χ1n) is 14.7. The first kappa shape index (κ1) is 28.3. The van der Waals surface area contributed by atoms with Crippen molar-refractivity contribution < 1.29 is 9.53 Å². The van der Waals surface area contributed by atoms with Gasteiger partial charge in [0, 0.05) is 37.7 Å². The molecule has 1 N–H and O–H groups in total. The number of carbonyl (C=O) groups excluding carboxylic acids is 1. The lowest BCUT2D eigenvalue weighted by atomic mass is 9.82. The van der Waals surface area contributed by atoms with E-state index >= 15 is 0 Å². The minimum Gasteiger partial charge on any atom is -0.381 e. The Kier molecular flexibility index (Phi) is 8.57. The summed E-state index contributed by atoms with van der Waals surface area (Å²) in [5, 5.41) is 3.55. The normalized spacial score (nSPS) is 21.0. The van der Waals surface area contributed by atoms with Gasteiger partial charge in [0.2, 0.25) is 0 Å². The number of anilines is 2. The molecule has 3 heterocycles. The van der Waals surface area contributed by atoms with Gasteiger partial charge in [0.15, 0.2) is 5.78 Å². The van der Waals surface area contributed by atoms with Gasteiger partial charge in [-0.2, -0.15) is 0 Å². The summed E-state index contributed by atoms with van der Waals surface area (Å²) < 4.78 is 5.40. The number of carbonyl (C=O) groups is 1. The summed E-state index contributed by atoms with van der Waals surface area (Å²) in [5.74, 6) is 0.852. The Hall–Kier alpha value is -3.22. The molecule has 40 heavy (non-hydrogen) atoms. The largest absolute Gasteiger partial charge is 0.381 e. The zero-order valence-corrected chi connectivity index (χ0v) is 25.0. The van der Waals surface area contributed by atoms with E-state index in [1.807, 2.05) is 6.20 Å². The lowest BCUT2D eigenvalue weighted by Crippen LogP contribution is -2.40. The van der Waals surface area contributed by atoms with Gasteiger partial charge in [-0.1, -0.05) is 35.4 Å². The molecule has 0 spiro atoms. The number of aromatic nitrogens is 1. The third kappa shape index (κ3) is 5.79. The molecular formula is C34H44N4O2. The number of rotatable bonds is 8. The van der Waals surface area contributed by atoms with E-state index in [9.17, 15) is 4.79 Å². The number of likely N-dealkylation sites (N-methyl/N-ethyl adjacent to an activating group) is 1. The number of Topliss-reactive ketones (excluding diaryl/α,β-unsaturated/α-hetero) is 1. The van der Waals surface area contributed by atoms with Gasteiger partial charge in [-0.05, 0) is 107 Å². The Morgan fingerprint density at radius 2 is 1.95 bits per heavy atom. The highest BCUT2D eigenvalue weighted by Crippen LogP contribution is 2.39. The van der Waals surface area contributed by atoms with Gasteiger partial charge < -0.3 is 15.0 Å². The third-order valence-electron chi connectivity index (χ3n) is 9.26. The smallest absolute Gasteiger partial charge is 0.155 e. The van der Waals surface area contributed by atoms with Gasteiger partial charge in [-0.25, -0.2) is 0 Å². The van der Waals surface area contributed by atoms with Gasteiger partial charge in [0.05, 0.1) is 18.0 Å². The second-order valence-corrected chi connectivity index (χ2v) is 11.7. The molecule has 6 heteroatoms. The molecule has 1 saturated heterocycles.